The van der Waals surface area contributed by atoms with Gasteiger partial charge in [0.25, 0.3) is 11.8 Å². The minimum absolute atomic E-state index is 0.114. The van der Waals surface area contributed by atoms with Gasteiger partial charge < -0.3 is 14.8 Å². The summed E-state index contributed by atoms with van der Waals surface area (Å²) in [7, 11) is 3.05. The summed E-state index contributed by atoms with van der Waals surface area (Å²) in [6.45, 7) is 1.96. The van der Waals surface area contributed by atoms with Crippen molar-refractivity contribution in [1.29, 1.82) is 0 Å². The molecule has 2 aromatic carbocycles. The van der Waals surface area contributed by atoms with Crippen molar-refractivity contribution in [3.8, 4) is 11.5 Å². The summed E-state index contributed by atoms with van der Waals surface area (Å²) in [5.41, 5.74) is 1.20. The topological polar surface area (TPSA) is 67.9 Å². The van der Waals surface area contributed by atoms with Gasteiger partial charge in [-0.1, -0.05) is 29.3 Å². The lowest BCUT2D eigenvalue weighted by Crippen LogP contribution is -2.32. The second kappa shape index (κ2) is 8.12. The first-order valence-corrected chi connectivity index (χ1v) is 9.21. The predicted molar refractivity (Wildman–Crippen MR) is 109 cm³/mol. The van der Waals surface area contributed by atoms with E-state index in [9.17, 15) is 9.59 Å². The predicted octanol–water partition coefficient (Wildman–Crippen LogP) is 4.22. The molecule has 0 unspecified atom stereocenters. The number of likely N-dealkylation sites (N-methyl/N-ethyl adjacent to an activating group) is 1. The molecule has 0 spiro atoms. The Morgan fingerprint density at radius 3 is 2.36 bits per heavy atom. The fourth-order valence-electron chi connectivity index (χ4n) is 2.97. The van der Waals surface area contributed by atoms with Crippen LogP contribution < -0.4 is 14.8 Å². The number of hydrogen-bond acceptors (Lipinski definition) is 5. The van der Waals surface area contributed by atoms with Crippen molar-refractivity contribution in [2.75, 3.05) is 26.1 Å². The number of imide groups is 1. The number of carbonyl (C=O) groups excluding carboxylic acids is 2. The smallest absolute Gasteiger partial charge is 0.278 e. The molecule has 2 amide bonds. The number of benzene rings is 2. The average molecular weight is 421 g/mol. The maximum atomic E-state index is 12.9. The summed E-state index contributed by atoms with van der Waals surface area (Å²) in [5, 5.41) is 3.75. The SMILES string of the molecule is CCN1C(=O)C(Nc2cc(OC)ccc2OC)=C(c2ccc(Cl)cc2Cl)C1=O. The van der Waals surface area contributed by atoms with Gasteiger partial charge >= 0.3 is 0 Å². The lowest BCUT2D eigenvalue weighted by Gasteiger charge is -2.14. The molecule has 8 heteroatoms. The van der Waals surface area contributed by atoms with Gasteiger partial charge in [-0.05, 0) is 31.2 Å². The number of nitrogens with zero attached hydrogens (tertiary/aromatic N) is 1. The Bertz CT molecular complexity index is 988. The Balaban J connectivity index is 2.17. The maximum Gasteiger partial charge on any atom is 0.278 e. The molecule has 0 saturated heterocycles. The zero-order valence-corrected chi connectivity index (χ0v) is 17.0. The van der Waals surface area contributed by atoms with E-state index in [1.54, 1.807) is 37.3 Å². The molecule has 0 atom stereocenters. The Labute approximate surface area is 172 Å². The number of hydrogen-bond donors (Lipinski definition) is 1. The van der Waals surface area contributed by atoms with Crippen LogP contribution in [-0.4, -0.2) is 37.5 Å². The summed E-state index contributed by atoms with van der Waals surface area (Å²) < 4.78 is 10.6. The molecule has 28 heavy (non-hydrogen) atoms. The van der Waals surface area contributed by atoms with Crippen LogP contribution in [0.3, 0.4) is 0 Å². The fourth-order valence-corrected chi connectivity index (χ4v) is 3.47. The summed E-state index contributed by atoms with van der Waals surface area (Å²) in [6, 6.07) is 9.88. The Morgan fingerprint density at radius 1 is 1.00 bits per heavy atom. The van der Waals surface area contributed by atoms with Gasteiger partial charge in [0.15, 0.2) is 0 Å². The van der Waals surface area contributed by atoms with Crippen LogP contribution in [0.5, 0.6) is 11.5 Å². The highest BCUT2D eigenvalue weighted by molar-refractivity contribution is 6.41. The Kier molecular flexibility index (Phi) is 5.82. The van der Waals surface area contributed by atoms with Crippen molar-refractivity contribution in [2.45, 2.75) is 6.92 Å². The first kappa shape index (κ1) is 20.0. The molecule has 1 aliphatic rings. The molecule has 1 N–H and O–H groups in total. The highest BCUT2D eigenvalue weighted by atomic mass is 35.5. The molecule has 0 fully saturated rings. The quantitative estimate of drug-likeness (QED) is 0.708. The molecular weight excluding hydrogens is 403 g/mol. The summed E-state index contributed by atoms with van der Waals surface area (Å²) >= 11 is 12.3. The summed E-state index contributed by atoms with van der Waals surface area (Å²) in [6.07, 6.45) is 0. The van der Waals surface area contributed by atoms with E-state index in [0.717, 1.165) is 4.90 Å². The Hall–Kier alpha value is -2.70. The average Bonchev–Trinajstić information content (AvgIpc) is 2.91. The van der Waals surface area contributed by atoms with Crippen molar-refractivity contribution in [2.24, 2.45) is 0 Å². The molecule has 3 rings (SSSR count). The van der Waals surface area contributed by atoms with Crippen molar-refractivity contribution >= 4 is 46.3 Å². The van der Waals surface area contributed by atoms with Gasteiger partial charge in [0.1, 0.15) is 17.2 Å². The molecule has 1 aliphatic heterocycles. The van der Waals surface area contributed by atoms with Gasteiger partial charge in [-0.15, -0.1) is 0 Å². The van der Waals surface area contributed by atoms with Crippen LogP contribution in [0.1, 0.15) is 12.5 Å². The van der Waals surface area contributed by atoms with E-state index in [1.807, 2.05) is 0 Å². The third-order valence-corrected chi connectivity index (χ3v) is 4.90. The van der Waals surface area contributed by atoms with Gasteiger partial charge in [-0.3, -0.25) is 14.5 Å². The zero-order chi connectivity index (χ0) is 20.4. The first-order chi connectivity index (χ1) is 13.4. The van der Waals surface area contributed by atoms with Crippen molar-refractivity contribution in [3.63, 3.8) is 0 Å². The lowest BCUT2D eigenvalue weighted by molar-refractivity contribution is -0.136. The second-order valence-electron chi connectivity index (χ2n) is 5.92. The molecule has 0 saturated carbocycles. The normalized spacial score (nSPS) is 14.0. The Morgan fingerprint density at radius 2 is 1.75 bits per heavy atom. The van der Waals surface area contributed by atoms with Gasteiger partial charge in [0, 0.05) is 23.2 Å². The van der Waals surface area contributed by atoms with Gasteiger partial charge in [0.2, 0.25) is 0 Å². The van der Waals surface area contributed by atoms with Crippen molar-refractivity contribution in [3.05, 3.63) is 57.7 Å². The van der Waals surface area contributed by atoms with Crippen molar-refractivity contribution < 1.29 is 19.1 Å². The van der Waals surface area contributed by atoms with Crippen LogP contribution in [0.4, 0.5) is 5.69 Å². The van der Waals surface area contributed by atoms with Gasteiger partial charge in [0.05, 0.1) is 30.5 Å². The maximum absolute atomic E-state index is 12.9. The van der Waals surface area contributed by atoms with Crippen LogP contribution in [0.2, 0.25) is 10.0 Å². The third kappa shape index (κ3) is 3.53. The largest absolute Gasteiger partial charge is 0.497 e. The number of amides is 2. The monoisotopic (exact) mass is 420 g/mol. The minimum Gasteiger partial charge on any atom is -0.497 e. The van der Waals surface area contributed by atoms with Crippen LogP contribution in [-0.2, 0) is 9.59 Å². The van der Waals surface area contributed by atoms with E-state index in [0.29, 0.717) is 27.8 Å². The standard InChI is InChI=1S/C20H18Cl2N2O4/c1-4-24-19(25)17(13-7-5-11(21)9-14(13)22)18(20(24)26)23-15-10-12(27-2)6-8-16(15)28-3/h5-10,23H,4H2,1-3H3. The summed E-state index contributed by atoms with van der Waals surface area (Å²) in [4.78, 5) is 27.0. The van der Waals surface area contributed by atoms with Crippen LogP contribution in [0.25, 0.3) is 5.57 Å². The third-order valence-electron chi connectivity index (χ3n) is 4.35. The first-order valence-electron chi connectivity index (χ1n) is 8.46. The number of anilines is 1. The van der Waals surface area contributed by atoms with Crippen molar-refractivity contribution in [1.82, 2.24) is 4.90 Å². The highest BCUT2D eigenvalue weighted by Gasteiger charge is 2.39. The van der Waals surface area contributed by atoms with Crippen LogP contribution >= 0.6 is 23.2 Å². The fraction of sp³-hybridized carbons (Fsp3) is 0.200. The highest BCUT2D eigenvalue weighted by Crippen LogP contribution is 2.37. The molecule has 6 nitrogen and oxygen atoms in total. The number of ether oxygens (including phenoxy) is 2. The van der Waals surface area contributed by atoms with E-state index in [2.05, 4.69) is 5.32 Å². The molecule has 0 radical (unpaired) electrons. The number of rotatable bonds is 6. The lowest BCUT2D eigenvalue weighted by atomic mass is 10.0. The second-order valence-corrected chi connectivity index (χ2v) is 6.76. The molecule has 0 aliphatic carbocycles. The van der Waals surface area contributed by atoms with E-state index in [4.69, 9.17) is 32.7 Å². The molecule has 146 valence electrons. The number of methoxy groups -OCH3 is 2. The van der Waals surface area contributed by atoms with E-state index in [-0.39, 0.29) is 22.8 Å². The van der Waals surface area contributed by atoms with Gasteiger partial charge in [-0.2, -0.15) is 0 Å². The number of halogens is 2. The molecular formula is C20H18Cl2N2O4. The summed E-state index contributed by atoms with van der Waals surface area (Å²) in [5.74, 6) is 0.184. The molecule has 1 heterocycles. The van der Waals surface area contributed by atoms with Crippen LogP contribution in [0, 0.1) is 0 Å². The number of carbonyl (C=O) groups is 2. The minimum atomic E-state index is -0.446. The molecule has 2 aromatic rings. The van der Waals surface area contributed by atoms with Crippen LogP contribution in [0.15, 0.2) is 42.1 Å². The van der Waals surface area contributed by atoms with Gasteiger partial charge in [-0.25, -0.2) is 0 Å². The molecule has 0 bridgehead atoms. The van der Waals surface area contributed by atoms with E-state index in [1.165, 1.54) is 20.3 Å². The van der Waals surface area contributed by atoms with E-state index >= 15 is 0 Å². The molecule has 0 aromatic heterocycles. The van der Waals surface area contributed by atoms with E-state index < -0.39 is 11.8 Å². The zero-order valence-electron chi connectivity index (χ0n) is 15.5. The number of nitrogens with one attached hydrogen (secondary N) is 1.